The molecule has 11 unspecified atom stereocenters. The predicted octanol–water partition coefficient (Wildman–Crippen LogP) is 10.4. The Kier molecular flexibility index (Phi) is 42.2. The van der Waals surface area contributed by atoms with Crippen molar-refractivity contribution in [2.45, 2.75) is 306 Å². The third-order valence-corrected chi connectivity index (χ3v) is 14.2. The monoisotopic (exact) mass is 1030 g/mol. The lowest BCUT2D eigenvalue weighted by Gasteiger charge is -2.42. The molecule has 2 rings (SSSR count). The molecule has 2 aliphatic heterocycles. The van der Waals surface area contributed by atoms with Crippen molar-refractivity contribution in [3.63, 3.8) is 0 Å². The van der Waals surface area contributed by atoms with E-state index in [4.69, 9.17) is 28.4 Å². The van der Waals surface area contributed by atoms with Gasteiger partial charge in [-0.05, 0) is 64.2 Å². The average molecular weight is 1030 g/mol. The van der Waals surface area contributed by atoms with Crippen LogP contribution < -0.4 is 0 Å². The Morgan fingerprint density at radius 3 is 1.26 bits per heavy atom. The maximum absolute atomic E-state index is 13.1. The summed E-state index contributed by atoms with van der Waals surface area (Å²) < 4.78 is 34.4. The quantitative estimate of drug-likeness (QED) is 0.0172. The first-order chi connectivity index (χ1) is 35.1. The van der Waals surface area contributed by atoms with Crippen LogP contribution in [0.15, 0.2) is 24.3 Å². The van der Waals surface area contributed by atoms with Crippen LogP contribution in [0.5, 0.6) is 0 Å². The van der Waals surface area contributed by atoms with E-state index in [1.54, 1.807) is 0 Å². The maximum atomic E-state index is 13.1. The largest absolute Gasteiger partial charge is 0.457 e. The summed E-state index contributed by atoms with van der Waals surface area (Å²) in [4.78, 5) is 13.1. The van der Waals surface area contributed by atoms with Crippen molar-refractivity contribution in [1.29, 1.82) is 0 Å². The van der Waals surface area contributed by atoms with Gasteiger partial charge in [-0.1, -0.05) is 192 Å². The highest BCUT2D eigenvalue weighted by atomic mass is 16.7. The van der Waals surface area contributed by atoms with Gasteiger partial charge in [0, 0.05) is 13.0 Å². The van der Waals surface area contributed by atoms with Crippen LogP contribution in [-0.2, 0) is 33.2 Å². The van der Waals surface area contributed by atoms with Crippen LogP contribution in [0.3, 0.4) is 0 Å². The Hall–Kier alpha value is -1.53. The van der Waals surface area contributed by atoms with Gasteiger partial charge in [0.2, 0.25) is 0 Å². The van der Waals surface area contributed by atoms with Crippen molar-refractivity contribution >= 4 is 5.97 Å². The molecule has 0 aliphatic carbocycles. The minimum Gasteiger partial charge on any atom is -0.457 e. The zero-order valence-electron chi connectivity index (χ0n) is 45.4. The van der Waals surface area contributed by atoms with E-state index >= 15 is 0 Å². The Labute approximate surface area is 437 Å². The molecule has 0 radical (unpaired) electrons. The van der Waals surface area contributed by atoms with Crippen LogP contribution in [0.4, 0.5) is 0 Å². The maximum Gasteiger partial charge on any atom is 0.306 e. The zero-order valence-corrected chi connectivity index (χ0v) is 45.4. The van der Waals surface area contributed by atoms with E-state index in [9.17, 15) is 40.5 Å². The molecular weight excluding hydrogens is 921 g/mol. The fourth-order valence-electron chi connectivity index (χ4n) is 9.39. The molecule has 2 aliphatic rings. The molecule has 0 aromatic carbocycles. The SMILES string of the molecule is CCCCCCC/C=C\CCCCCCCCOCC(COC1OC(COC2OC(CO)C(O)C(O)C2O)C(O)C(O)C1O)OC(=O)CCCCCCCCCCCCC/C=C\CCCCCCCCCC. The molecule has 0 spiro atoms. The summed E-state index contributed by atoms with van der Waals surface area (Å²) in [7, 11) is 0. The summed E-state index contributed by atoms with van der Waals surface area (Å²) in [5.74, 6) is -0.376. The highest BCUT2D eigenvalue weighted by Crippen LogP contribution is 2.27. The average Bonchev–Trinajstić information content (AvgIpc) is 3.38. The Morgan fingerprint density at radius 1 is 0.444 bits per heavy atom. The van der Waals surface area contributed by atoms with Crippen LogP contribution in [0.2, 0.25) is 0 Å². The van der Waals surface area contributed by atoms with E-state index in [0.717, 1.165) is 44.9 Å². The van der Waals surface area contributed by atoms with Gasteiger partial charge in [-0.25, -0.2) is 0 Å². The van der Waals surface area contributed by atoms with Gasteiger partial charge in [-0.3, -0.25) is 4.79 Å². The van der Waals surface area contributed by atoms with E-state index < -0.39 is 80.7 Å². The number of allylic oxidation sites excluding steroid dienone is 4. The molecule has 2 heterocycles. The highest BCUT2D eigenvalue weighted by Gasteiger charge is 2.47. The molecule has 11 atom stereocenters. The predicted molar refractivity (Wildman–Crippen MR) is 284 cm³/mol. The number of carbonyl (C=O) groups is 1. The Bertz CT molecular complexity index is 1290. The van der Waals surface area contributed by atoms with Crippen molar-refractivity contribution in [3.8, 4) is 0 Å². The van der Waals surface area contributed by atoms with Crippen LogP contribution in [0.25, 0.3) is 0 Å². The summed E-state index contributed by atoms with van der Waals surface area (Å²) in [5, 5.41) is 72.3. The van der Waals surface area contributed by atoms with Gasteiger partial charge in [0.15, 0.2) is 12.6 Å². The van der Waals surface area contributed by atoms with Gasteiger partial charge in [0.05, 0.1) is 26.4 Å². The normalized spacial score (nSPS) is 25.2. The lowest BCUT2D eigenvalue weighted by molar-refractivity contribution is -0.332. The smallest absolute Gasteiger partial charge is 0.306 e. The van der Waals surface area contributed by atoms with Crippen molar-refractivity contribution < 1.29 is 69.0 Å². The molecule has 424 valence electrons. The molecular formula is C58H108O14. The van der Waals surface area contributed by atoms with E-state index in [1.807, 2.05) is 0 Å². The number of aliphatic hydroxyl groups excluding tert-OH is 7. The molecule has 14 nitrogen and oxygen atoms in total. The Morgan fingerprint density at radius 2 is 0.819 bits per heavy atom. The second-order valence-corrected chi connectivity index (χ2v) is 20.8. The number of ether oxygens (including phenoxy) is 6. The van der Waals surface area contributed by atoms with E-state index in [0.29, 0.717) is 13.0 Å². The molecule has 0 aromatic rings. The number of unbranched alkanes of at least 4 members (excludes halogenated alkanes) is 30. The fourth-order valence-corrected chi connectivity index (χ4v) is 9.39. The number of hydrogen-bond donors (Lipinski definition) is 7. The molecule has 2 fully saturated rings. The lowest BCUT2D eigenvalue weighted by atomic mass is 9.98. The van der Waals surface area contributed by atoms with Gasteiger partial charge in [0.1, 0.15) is 54.9 Å². The molecule has 2 saturated heterocycles. The minimum atomic E-state index is -1.71. The number of aliphatic hydroxyl groups is 7. The topological polar surface area (TPSA) is 214 Å². The number of hydrogen-bond acceptors (Lipinski definition) is 14. The van der Waals surface area contributed by atoms with E-state index in [-0.39, 0.29) is 25.6 Å². The molecule has 72 heavy (non-hydrogen) atoms. The molecule has 0 amide bonds. The van der Waals surface area contributed by atoms with Gasteiger partial charge in [0.25, 0.3) is 0 Å². The third kappa shape index (κ3) is 32.1. The van der Waals surface area contributed by atoms with Crippen molar-refractivity contribution in [3.05, 3.63) is 24.3 Å². The summed E-state index contributed by atoms with van der Waals surface area (Å²) in [6, 6.07) is 0. The first kappa shape index (κ1) is 66.6. The van der Waals surface area contributed by atoms with E-state index in [1.165, 1.54) is 167 Å². The van der Waals surface area contributed by atoms with Gasteiger partial charge in [-0.2, -0.15) is 0 Å². The third-order valence-electron chi connectivity index (χ3n) is 14.2. The number of rotatable bonds is 48. The summed E-state index contributed by atoms with van der Waals surface area (Å²) in [5.41, 5.74) is 0. The lowest BCUT2D eigenvalue weighted by Crippen LogP contribution is -2.61. The van der Waals surface area contributed by atoms with Gasteiger partial charge in [-0.15, -0.1) is 0 Å². The molecule has 0 bridgehead atoms. The van der Waals surface area contributed by atoms with Crippen molar-refractivity contribution in [1.82, 2.24) is 0 Å². The van der Waals surface area contributed by atoms with Crippen molar-refractivity contribution in [2.75, 3.05) is 33.0 Å². The first-order valence-corrected chi connectivity index (χ1v) is 29.4. The van der Waals surface area contributed by atoms with Gasteiger partial charge < -0.3 is 64.2 Å². The molecule has 0 aromatic heterocycles. The van der Waals surface area contributed by atoms with E-state index in [2.05, 4.69) is 38.2 Å². The summed E-state index contributed by atoms with van der Waals surface area (Å²) >= 11 is 0. The summed E-state index contributed by atoms with van der Waals surface area (Å²) in [6.45, 7) is 3.70. The zero-order chi connectivity index (χ0) is 52.3. The first-order valence-electron chi connectivity index (χ1n) is 29.4. The van der Waals surface area contributed by atoms with Crippen LogP contribution in [0.1, 0.15) is 239 Å². The Balaban J connectivity index is 1.70. The van der Waals surface area contributed by atoms with Crippen LogP contribution >= 0.6 is 0 Å². The minimum absolute atomic E-state index is 0.0603. The fraction of sp³-hybridized carbons (Fsp3) is 0.914. The molecule has 0 saturated carbocycles. The second-order valence-electron chi connectivity index (χ2n) is 20.8. The van der Waals surface area contributed by atoms with Crippen LogP contribution in [-0.4, -0.2) is 142 Å². The highest BCUT2D eigenvalue weighted by molar-refractivity contribution is 5.69. The summed E-state index contributed by atoms with van der Waals surface area (Å²) in [6.07, 6.45) is 35.2. The number of esters is 1. The standard InChI is InChI=1S/C58H108O14/c1-3-5-7-9-11-13-15-17-19-20-21-22-23-24-25-26-27-29-31-33-35-37-39-41-50(60)70-47(44-67-42-40-38-36-34-32-30-28-18-16-14-12-10-8-6-4-2)45-68-57-56(66)54(64)52(62)49(72-57)46-69-58-55(65)53(63)51(61)48(43-59)71-58/h16,18,20-21,47-49,51-59,61-66H,3-15,17,19,22-46H2,1-2H3/b18-16-,21-20-. The van der Waals surface area contributed by atoms with Gasteiger partial charge >= 0.3 is 5.97 Å². The second kappa shape index (κ2) is 45.6. The van der Waals surface area contributed by atoms with Crippen LogP contribution in [0, 0.1) is 0 Å². The number of carbonyl (C=O) groups excluding carboxylic acids is 1. The molecule has 14 heteroatoms. The van der Waals surface area contributed by atoms with Crippen molar-refractivity contribution in [2.24, 2.45) is 0 Å². The molecule has 7 N–H and O–H groups in total.